The molecular formula is C11H8ClF3N2O. The topological polar surface area (TPSA) is 38.1 Å². The standard InChI is InChI=1S/C11H8ClF3N2O/c12-7-1-2-10(9(3-7)11(13,14)15)17-5-8-4-16-6-18-8/h1-4,6,17H,5H2. The highest BCUT2D eigenvalue weighted by Gasteiger charge is 2.33. The summed E-state index contributed by atoms with van der Waals surface area (Å²) in [5, 5.41) is 2.67. The van der Waals surface area contributed by atoms with Gasteiger partial charge in [-0.25, -0.2) is 4.98 Å². The Morgan fingerprint density at radius 2 is 2.11 bits per heavy atom. The molecular weight excluding hydrogens is 269 g/mol. The monoisotopic (exact) mass is 276 g/mol. The van der Waals surface area contributed by atoms with Gasteiger partial charge in [0.1, 0.15) is 5.76 Å². The summed E-state index contributed by atoms with van der Waals surface area (Å²) in [6.07, 6.45) is -1.83. The Labute approximate surface area is 106 Å². The van der Waals surface area contributed by atoms with E-state index in [1.807, 2.05) is 0 Å². The Balaban J connectivity index is 2.22. The lowest BCUT2D eigenvalue weighted by Gasteiger charge is -2.14. The van der Waals surface area contributed by atoms with Gasteiger partial charge < -0.3 is 9.73 Å². The van der Waals surface area contributed by atoms with Crippen molar-refractivity contribution in [1.82, 2.24) is 4.98 Å². The van der Waals surface area contributed by atoms with E-state index in [9.17, 15) is 13.2 Å². The summed E-state index contributed by atoms with van der Waals surface area (Å²) < 4.78 is 43.2. The molecule has 18 heavy (non-hydrogen) atoms. The Morgan fingerprint density at radius 3 is 2.72 bits per heavy atom. The van der Waals surface area contributed by atoms with Crippen LogP contribution in [-0.4, -0.2) is 4.98 Å². The Kier molecular flexibility index (Phi) is 3.47. The average molecular weight is 277 g/mol. The lowest BCUT2D eigenvalue weighted by Crippen LogP contribution is -2.10. The number of rotatable bonds is 3. The van der Waals surface area contributed by atoms with Crippen molar-refractivity contribution in [1.29, 1.82) is 0 Å². The molecule has 1 aromatic heterocycles. The maximum Gasteiger partial charge on any atom is 0.418 e. The number of benzene rings is 1. The highest BCUT2D eigenvalue weighted by molar-refractivity contribution is 6.30. The van der Waals surface area contributed by atoms with Gasteiger partial charge >= 0.3 is 6.18 Å². The minimum atomic E-state index is -4.46. The Morgan fingerprint density at radius 1 is 1.33 bits per heavy atom. The van der Waals surface area contributed by atoms with Gasteiger partial charge in [-0.05, 0) is 18.2 Å². The van der Waals surface area contributed by atoms with Crippen LogP contribution in [-0.2, 0) is 12.7 Å². The van der Waals surface area contributed by atoms with E-state index in [0.717, 1.165) is 6.07 Å². The van der Waals surface area contributed by atoms with Crippen LogP contribution in [0.5, 0.6) is 0 Å². The summed E-state index contributed by atoms with van der Waals surface area (Å²) in [7, 11) is 0. The number of anilines is 1. The second-order valence-electron chi connectivity index (χ2n) is 3.51. The van der Waals surface area contributed by atoms with Gasteiger partial charge in [0.15, 0.2) is 6.39 Å². The second kappa shape index (κ2) is 4.89. The second-order valence-corrected chi connectivity index (χ2v) is 3.95. The maximum absolute atomic E-state index is 12.8. The van der Waals surface area contributed by atoms with Gasteiger partial charge in [0, 0.05) is 10.7 Å². The van der Waals surface area contributed by atoms with Gasteiger partial charge in [0.25, 0.3) is 0 Å². The van der Waals surface area contributed by atoms with Crippen LogP contribution in [0.3, 0.4) is 0 Å². The number of nitrogens with zero attached hydrogens (tertiary/aromatic N) is 1. The molecule has 0 bridgehead atoms. The molecule has 7 heteroatoms. The third kappa shape index (κ3) is 2.95. The van der Waals surface area contributed by atoms with Crippen molar-refractivity contribution in [3.8, 4) is 0 Å². The first-order valence-electron chi connectivity index (χ1n) is 4.95. The molecule has 2 rings (SSSR count). The van der Waals surface area contributed by atoms with Crippen LogP contribution in [0.25, 0.3) is 0 Å². The SMILES string of the molecule is FC(F)(F)c1cc(Cl)ccc1NCc1cnco1. The first-order chi connectivity index (χ1) is 8.47. The van der Waals surface area contributed by atoms with E-state index in [1.165, 1.54) is 24.7 Å². The van der Waals surface area contributed by atoms with E-state index < -0.39 is 11.7 Å². The van der Waals surface area contributed by atoms with Crippen molar-refractivity contribution < 1.29 is 17.6 Å². The van der Waals surface area contributed by atoms with E-state index in [4.69, 9.17) is 16.0 Å². The lowest BCUT2D eigenvalue weighted by molar-refractivity contribution is -0.136. The van der Waals surface area contributed by atoms with Crippen LogP contribution in [0.1, 0.15) is 11.3 Å². The quantitative estimate of drug-likeness (QED) is 0.922. The van der Waals surface area contributed by atoms with Gasteiger partial charge in [-0.2, -0.15) is 13.2 Å². The van der Waals surface area contributed by atoms with Crippen LogP contribution in [0.15, 0.2) is 35.2 Å². The highest BCUT2D eigenvalue weighted by Crippen LogP contribution is 2.36. The third-order valence-corrected chi connectivity index (χ3v) is 2.46. The van der Waals surface area contributed by atoms with Crippen molar-refractivity contribution in [3.05, 3.63) is 47.1 Å². The summed E-state index contributed by atoms with van der Waals surface area (Å²) in [6.45, 7) is 0.116. The molecule has 1 aromatic carbocycles. The van der Waals surface area contributed by atoms with E-state index >= 15 is 0 Å². The molecule has 0 aliphatic rings. The zero-order chi connectivity index (χ0) is 13.2. The van der Waals surface area contributed by atoms with Crippen molar-refractivity contribution in [2.24, 2.45) is 0 Å². The molecule has 1 N–H and O–H groups in total. The molecule has 3 nitrogen and oxygen atoms in total. The summed E-state index contributed by atoms with van der Waals surface area (Å²) in [4.78, 5) is 3.67. The molecule has 0 aliphatic heterocycles. The van der Waals surface area contributed by atoms with Crippen LogP contribution < -0.4 is 5.32 Å². The van der Waals surface area contributed by atoms with E-state index in [-0.39, 0.29) is 17.3 Å². The van der Waals surface area contributed by atoms with Crippen molar-refractivity contribution in [3.63, 3.8) is 0 Å². The normalized spacial score (nSPS) is 11.6. The fraction of sp³-hybridized carbons (Fsp3) is 0.182. The highest BCUT2D eigenvalue weighted by atomic mass is 35.5. The number of oxazole rings is 1. The molecule has 0 saturated carbocycles. The molecule has 2 aromatic rings. The first-order valence-corrected chi connectivity index (χ1v) is 5.32. The Bertz CT molecular complexity index is 526. The summed E-state index contributed by atoms with van der Waals surface area (Å²) in [5.74, 6) is 0.443. The number of hydrogen-bond donors (Lipinski definition) is 1. The summed E-state index contributed by atoms with van der Waals surface area (Å²) in [6, 6.07) is 3.55. The number of aromatic nitrogens is 1. The molecule has 1 heterocycles. The van der Waals surface area contributed by atoms with Gasteiger partial charge in [-0.15, -0.1) is 0 Å². The molecule has 0 atom stereocenters. The molecule has 0 unspecified atom stereocenters. The van der Waals surface area contributed by atoms with Gasteiger partial charge in [0.05, 0.1) is 18.3 Å². The van der Waals surface area contributed by atoms with Gasteiger partial charge in [0.2, 0.25) is 0 Å². The molecule has 0 fully saturated rings. The zero-order valence-corrected chi connectivity index (χ0v) is 9.72. The third-order valence-electron chi connectivity index (χ3n) is 2.22. The van der Waals surface area contributed by atoms with Crippen molar-refractivity contribution in [2.75, 3.05) is 5.32 Å². The smallest absolute Gasteiger partial charge is 0.418 e. The fourth-order valence-electron chi connectivity index (χ4n) is 1.42. The van der Waals surface area contributed by atoms with Crippen LogP contribution in [0.2, 0.25) is 5.02 Å². The molecule has 0 aliphatic carbocycles. The molecule has 0 spiro atoms. The van der Waals surface area contributed by atoms with Gasteiger partial charge in [-0.3, -0.25) is 0 Å². The van der Waals surface area contributed by atoms with Crippen LogP contribution in [0, 0.1) is 0 Å². The predicted molar refractivity (Wildman–Crippen MR) is 60.3 cm³/mol. The lowest BCUT2D eigenvalue weighted by atomic mass is 10.1. The number of hydrogen-bond acceptors (Lipinski definition) is 3. The number of halogens is 4. The fourth-order valence-corrected chi connectivity index (χ4v) is 1.59. The summed E-state index contributed by atoms with van der Waals surface area (Å²) >= 11 is 5.57. The Hall–Kier alpha value is -1.69. The van der Waals surface area contributed by atoms with E-state index in [2.05, 4.69) is 10.3 Å². The molecule has 0 radical (unpaired) electrons. The first kappa shape index (κ1) is 12.8. The minimum Gasteiger partial charge on any atom is -0.447 e. The van der Waals surface area contributed by atoms with E-state index in [1.54, 1.807) is 0 Å². The molecule has 0 amide bonds. The van der Waals surface area contributed by atoms with Crippen LogP contribution >= 0.6 is 11.6 Å². The maximum atomic E-state index is 12.8. The number of nitrogens with one attached hydrogen (secondary N) is 1. The number of alkyl halides is 3. The zero-order valence-electron chi connectivity index (χ0n) is 8.96. The van der Waals surface area contributed by atoms with Crippen LogP contribution in [0.4, 0.5) is 18.9 Å². The molecule has 0 saturated heterocycles. The van der Waals surface area contributed by atoms with E-state index in [0.29, 0.717) is 5.76 Å². The average Bonchev–Trinajstić information content (AvgIpc) is 2.79. The minimum absolute atomic E-state index is 0.0348. The van der Waals surface area contributed by atoms with Crippen molar-refractivity contribution in [2.45, 2.75) is 12.7 Å². The predicted octanol–water partition coefficient (Wildman–Crippen LogP) is 3.96. The largest absolute Gasteiger partial charge is 0.447 e. The summed E-state index contributed by atoms with van der Waals surface area (Å²) in [5.41, 5.74) is -0.863. The van der Waals surface area contributed by atoms with Gasteiger partial charge in [-0.1, -0.05) is 11.6 Å². The van der Waals surface area contributed by atoms with Crippen molar-refractivity contribution >= 4 is 17.3 Å². The molecule has 96 valence electrons.